The summed E-state index contributed by atoms with van der Waals surface area (Å²) in [7, 11) is 1.63. The number of amides is 2. The van der Waals surface area contributed by atoms with Crippen LogP contribution in [0.25, 0.3) is 0 Å². The number of rotatable bonds is 3. The lowest BCUT2D eigenvalue weighted by molar-refractivity contribution is -0.129. The van der Waals surface area contributed by atoms with E-state index >= 15 is 0 Å². The van der Waals surface area contributed by atoms with Crippen molar-refractivity contribution in [1.29, 1.82) is 0 Å². The van der Waals surface area contributed by atoms with E-state index in [2.05, 4.69) is 0 Å². The molecule has 28 heavy (non-hydrogen) atoms. The zero-order chi connectivity index (χ0) is 21.4. The molecule has 2 rings (SSSR count). The topological polar surface area (TPSA) is 66.9 Å². The van der Waals surface area contributed by atoms with E-state index in [9.17, 15) is 18.8 Å². The highest BCUT2D eigenvalue weighted by Gasteiger charge is 2.52. The molecule has 1 heterocycles. The van der Waals surface area contributed by atoms with Gasteiger partial charge >= 0.3 is 6.09 Å². The van der Waals surface area contributed by atoms with Crippen molar-refractivity contribution in [3.8, 4) is 0 Å². The van der Waals surface area contributed by atoms with Gasteiger partial charge in [-0.25, -0.2) is 9.18 Å². The predicted octanol–water partition coefficient (Wildman–Crippen LogP) is 3.63. The lowest BCUT2D eigenvalue weighted by Gasteiger charge is -2.39. The molecule has 154 valence electrons. The first kappa shape index (κ1) is 21.9. The third-order valence-corrected chi connectivity index (χ3v) is 4.60. The van der Waals surface area contributed by atoms with E-state index < -0.39 is 35.1 Å². The molecule has 2 amide bonds. The number of ether oxygens (including phenoxy) is 1. The van der Waals surface area contributed by atoms with Gasteiger partial charge in [0.25, 0.3) is 0 Å². The maximum Gasteiger partial charge on any atom is 0.412 e. The lowest BCUT2D eigenvalue weighted by Crippen LogP contribution is -2.52. The molecule has 0 N–H and O–H groups in total. The number of hydrogen-bond acceptors (Lipinski definition) is 4. The Balaban J connectivity index is 2.48. The number of carbonyl (C=O) groups is 3. The molecule has 1 aliphatic rings. The molecule has 0 radical (unpaired) electrons. The van der Waals surface area contributed by atoms with Crippen LogP contribution < -0.4 is 0 Å². The maximum atomic E-state index is 14.3. The van der Waals surface area contributed by atoms with Crippen molar-refractivity contribution in [3.05, 3.63) is 35.1 Å². The van der Waals surface area contributed by atoms with Crippen LogP contribution in [0.15, 0.2) is 18.2 Å². The number of nitrogens with zero attached hydrogens (tertiary/aromatic N) is 2. The molecule has 1 aromatic rings. The van der Waals surface area contributed by atoms with Crippen LogP contribution >= 0.6 is 0 Å². The number of halogens is 1. The Kier molecular flexibility index (Phi) is 5.87. The molecule has 0 saturated carbocycles. The van der Waals surface area contributed by atoms with E-state index in [4.69, 9.17) is 4.74 Å². The SMILES string of the molecule is CN1C(=O)[C@@H](Cc2cc(C=O)ccc2[18F])N(C(=O)OC(C)(C)C)[C@H]1C(C)(C)C. The summed E-state index contributed by atoms with van der Waals surface area (Å²) in [5, 5.41) is 0. The van der Waals surface area contributed by atoms with Gasteiger partial charge in [0.2, 0.25) is 5.91 Å². The van der Waals surface area contributed by atoms with Crippen molar-refractivity contribution >= 4 is 18.3 Å². The van der Waals surface area contributed by atoms with Gasteiger partial charge in [-0.3, -0.25) is 14.5 Å². The lowest BCUT2D eigenvalue weighted by atomic mass is 9.91. The van der Waals surface area contributed by atoms with Gasteiger partial charge in [0, 0.05) is 24.4 Å². The Morgan fingerprint density at radius 3 is 2.32 bits per heavy atom. The molecule has 7 heteroatoms. The molecule has 6 nitrogen and oxygen atoms in total. The van der Waals surface area contributed by atoms with Crippen LogP contribution in [0, 0.1) is 11.2 Å². The molecule has 0 aliphatic carbocycles. The van der Waals surface area contributed by atoms with E-state index in [1.807, 2.05) is 20.8 Å². The molecule has 2 atom stereocenters. The van der Waals surface area contributed by atoms with E-state index in [1.54, 1.807) is 27.8 Å². The monoisotopic (exact) mass is 391 g/mol. The average molecular weight is 391 g/mol. The van der Waals surface area contributed by atoms with Gasteiger partial charge in [0.15, 0.2) is 0 Å². The quantitative estimate of drug-likeness (QED) is 0.738. The summed E-state index contributed by atoms with van der Waals surface area (Å²) in [6.45, 7) is 11.0. The Labute approximate surface area is 165 Å². The minimum atomic E-state index is -0.916. The van der Waals surface area contributed by atoms with Crippen LogP contribution in [-0.2, 0) is 16.0 Å². The molecule has 1 aliphatic heterocycles. The van der Waals surface area contributed by atoms with Gasteiger partial charge in [-0.2, -0.15) is 0 Å². The smallest absolute Gasteiger partial charge is 0.412 e. The third-order valence-electron chi connectivity index (χ3n) is 4.60. The van der Waals surface area contributed by atoms with Crippen molar-refractivity contribution in [2.45, 2.75) is 65.8 Å². The van der Waals surface area contributed by atoms with Crippen LogP contribution in [0.5, 0.6) is 0 Å². The zero-order valence-electron chi connectivity index (χ0n) is 17.6. The number of likely N-dealkylation sites (N-methyl/N-ethyl adjacent to an activating group) is 1. The standard InChI is InChI=1S/C21H29FN2O4/c1-20(2,3)18-23(7)17(26)16(24(18)19(27)28-21(4,5)6)11-14-10-13(12-25)8-9-15(14)22/h8-10,12,16,18H,11H2,1-7H3/t16-,18+/m1/s1/i22-1. The van der Waals surface area contributed by atoms with Crippen molar-refractivity contribution in [3.63, 3.8) is 0 Å². The van der Waals surface area contributed by atoms with Crippen molar-refractivity contribution < 1.29 is 23.5 Å². The highest BCUT2D eigenvalue weighted by Crippen LogP contribution is 2.36. The second-order valence-corrected chi connectivity index (χ2v) is 9.27. The maximum absolute atomic E-state index is 14.3. The van der Waals surface area contributed by atoms with E-state index in [1.165, 1.54) is 28.0 Å². The number of hydrogen-bond donors (Lipinski definition) is 0. The molecule has 0 bridgehead atoms. The summed E-state index contributed by atoms with van der Waals surface area (Å²) in [6.07, 6.45) is -0.586. The van der Waals surface area contributed by atoms with Gasteiger partial charge in [0.05, 0.1) is 0 Å². The van der Waals surface area contributed by atoms with Crippen molar-refractivity contribution in [1.82, 2.24) is 9.80 Å². The molecular weight excluding hydrogens is 362 g/mol. The Bertz CT molecular complexity index is 780. The summed E-state index contributed by atoms with van der Waals surface area (Å²) in [4.78, 5) is 40.0. The first-order valence-corrected chi connectivity index (χ1v) is 9.28. The predicted molar refractivity (Wildman–Crippen MR) is 103 cm³/mol. The largest absolute Gasteiger partial charge is 0.444 e. The van der Waals surface area contributed by atoms with Crippen LogP contribution in [0.1, 0.15) is 57.5 Å². The van der Waals surface area contributed by atoms with E-state index in [0.717, 1.165) is 0 Å². The fourth-order valence-electron chi connectivity index (χ4n) is 3.59. The molecule has 0 unspecified atom stereocenters. The van der Waals surface area contributed by atoms with Crippen LogP contribution in [0.3, 0.4) is 0 Å². The van der Waals surface area contributed by atoms with Gasteiger partial charge in [-0.15, -0.1) is 0 Å². The molecule has 1 fully saturated rings. The van der Waals surface area contributed by atoms with Crippen molar-refractivity contribution in [2.75, 3.05) is 7.05 Å². The van der Waals surface area contributed by atoms with Gasteiger partial charge in [-0.1, -0.05) is 20.8 Å². The molecule has 0 spiro atoms. The number of aldehydes is 1. The molecule has 1 aromatic carbocycles. The average Bonchev–Trinajstić information content (AvgIpc) is 2.80. The highest BCUT2D eigenvalue weighted by atomic mass is 18.2. The fourth-order valence-corrected chi connectivity index (χ4v) is 3.59. The fraction of sp³-hybridized carbons (Fsp3) is 0.571. The molecule has 1 saturated heterocycles. The van der Waals surface area contributed by atoms with E-state index in [-0.39, 0.29) is 17.9 Å². The van der Waals surface area contributed by atoms with Crippen LogP contribution in [-0.4, -0.2) is 52.9 Å². The zero-order valence-corrected chi connectivity index (χ0v) is 17.6. The first-order valence-electron chi connectivity index (χ1n) is 9.28. The Morgan fingerprint density at radius 1 is 1.21 bits per heavy atom. The second kappa shape index (κ2) is 7.53. The normalized spacial score (nSPS) is 20.5. The van der Waals surface area contributed by atoms with Crippen LogP contribution in [0.2, 0.25) is 0 Å². The summed E-state index contributed by atoms with van der Waals surface area (Å²) >= 11 is 0. The molecule has 0 aromatic heterocycles. The first-order chi connectivity index (χ1) is 12.8. The Hall–Kier alpha value is -2.44. The third kappa shape index (κ3) is 4.51. The summed E-state index contributed by atoms with van der Waals surface area (Å²) in [5.41, 5.74) is -0.665. The minimum absolute atomic E-state index is 0.0392. The molecular formula is C21H29FN2O4. The second-order valence-electron chi connectivity index (χ2n) is 9.27. The highest BCUT2D eigenvalue weighted by molar-refractivity contribution is 5.90. The van der Waals surface area contributed by atoms with E-state index in [0.29, 0.717) is 11.8 Å². The summed E-state index contributed by atoms with van der Waals surface area (Å²) in [5.74, 6) is -0.814. The minimum Gasteiger partial charge on any atom is -0.444 e. The Morgan fingerprint density at radius 2 is 1.82 bits per heavy atom. The number of carbonyl (C=O) groups excluding carboxylic acids is 3. The van der Waals surface area contributed by atoms with Crippen LogP contribution in [0.4, 0.5) is 9.18 Å². The van der Waals surface area contributed by atoms with Gasteiger partial charge < -0.3 is 9.64 Å². The van der Waals surface area contributed by atoms with Gasteiger partial charge in [0.1, 0.15) is 29.9 Å². The summed E-state index contributed by atoms with van der Waals surface area (Å²) < 4.78 is 19.9. The van der Waals surface area contributed by atoms with Crippen molar-refractivity contribution in [2.24, 2.45) is 5.41 Å². The summed E-state index contributed by atoms with van der Waals surface area (Å²) in [6, 6.07) is 3.06. The number of benzene rings is 1. The van der Waals surface area contributed by atoms with Gasteiger partial charge in [-0.05, 0) is 44.5 Å².